The summed E-state index contributed by atoms with van der Waals surface area (Å²) in [6.07, 6.45) is 0. The maximum Gasteiger partial charge on any atom is 0.128 e. The highest BCUT2D eigenvalue weighted by Gasteiger charge is 2.13. The molecule has 0 radical (unpaired) electrons. The number of hydrogen-bond donors (Lipinski definition) is 1. The van der Waals surface area contributed by atoms with E-state index < -0.39 is 6.04 Å². The maximum atomic E-state index is 13.6. The van der Waals surface area contributed by atoms with Gasteiger partial charge in [-0.05, 0) is 30.7 Å². The van der Waals surface area contributed by atoms with Crippen LogP contribution in [-0.2, 0) is 0 Å². The average molecular weight is 233 g/mol. The summed E-state index contributed by atoms with van der Waals surface area (Å²) in [6.45, 7) is 1.88. The van der Waals surface area contributed by atoms with Crippen molar-refractivity contribution in [3.63, 3.8) is 0 Å². The van der Waals surface area contributed by atoms with Gasteiger partial charge in [-0.2, -0.15) is 0 Å². The molecule has 0 spiro atoms. The van der Waals surface area contributed by atoms with E-state index in [0.717, 1.165) is 5.56 Å². The molecule has 0 saturated heterocycles. The Kier molecular flexibility index (Phi) is 3.20. The van der Waals surface area contributed by atoms with Crippen LogP contribution in [0.3, 0.4) is 0 Å². The predicted molar refractivity (Wildman–Crippen MR) is 63.6 cm³/mol. The third kappa shape index (κ3) is 2.50. The van der Waals surface area contributed by atoms with Gasteiger partial charge in [0.2, 0.25) is 0 Å². The van der Waals surface area contributed by atoms with Crippen molar-refractivity contribution in [1.29, 1.82) is 0 Å². The summed E-state index contributed by atoms with van der Waals surface area (Å²) in [5, 5.41) is 0. The quantitative estimate of drug-likeness (QED) is 0.846. The SMILES string of the molecule is Cc1ccc(F)c(C(N)c2ccc(F)cc2)c1. The molecular weight excluding hydrogens is 220 g/mol. The second-order valence-electron chi connectivity index (χ2n) is 4.05. The molecule has 0 aliphatic rings. The minimum Gasteiger partial charge on any atom is -0.320 e. The average Bonchev–Trinajstić information content (AvgIpc) is 2.32. The summed E-state index contributed by atoms with van der Waals surface area (Å²) in [5.41, 5.74) is 8.04. The van der Waals surface area contributed by atoms with Gasteiger partial charge in [0.1, 0.15) is 11.6 Å². The topological polar surface area (TPSA) is 26.0 Å². The summed E-state index contributed by atoms with van der Waals surface area (Å²) >= 11 is 0. The van der Waals surface area contributed by atoms with Gasteiger partial charge < -0.3 is 5.73 Å². The molecule has 0 heterocycles. The fourth-order valence-corrected chi connectivity index (χ4v) is 1.75. The van der Waals surface area contributed by atoms with Crippen LogP contribution in [0.5, 0.6) is 0 Å². The van der Waals surface area contributed by atoms with Gasteiger partial charge in [-0.15, -0.1) is 0 Å². The molecule has 0 aromatic heterocycles. The first-order chi connectivity index (χ1) is 8.08. The van der Waals surface area contributed by atoms with Crippen LogP contribution in [0.15, 0.2) is 42.5 Å². The van der Waals surface area contributed by atoms with Crippen molar-refractivity contribution in [1.82, 2.24) is 0 Å². The van der Waals surface area contributed by atoms with Gasteiger partial charge in [-0.3, -0.25) is 0 Å². The van der Waals surface area contributed by atoms with Crippen LogP contribution in [0, 0.1) is 18.6 Å². The summed E-state index contributed by atoms with van der Waals surface area (Å²) in [5.74, 6) is -0.668. The van der Waals surface area contributed by atoms with Crippen molar-refractivity contribution >= 4 is 0 Å². The van der Waals surface area contributed by atoms with E-state index in [1.54, 1.807) is 24.3 Å². The summed E-state index contributed by atoms with van der Waals surface area (Å²) in [4.78, 5) is 0. The van der Waals surface area contributed by atoms with Gasteiger partial charge in [0.25, 0.3) is 0 Å². The summed E-state index contributed by atoms with van der Waals surface area (Å²) < 4.78 is 26.4. The Bertz CT molecular complexity index is 520. The standard InChI is InChI=1S/C14H13F2N/c1-9-2-7-13(16)12(8-9)14(17)10-3-5-11(15)6-4-10/h2-8,14H,17H2,1H3. The van der Waals surface area contributed by atoms with E-state index in [2.05, 4.69) is 0 Å². The van der Waals surface area contributed by atoms with Gasteiger partial charge >= 0.3 is 0 Å². The van der Waals surface area contributed by atoms with Gasteiger partial charge in [-0.1, -0.05) is 29.8 Å². The number of aryl methyl sites for hydroxylation is 1. The largest absolute Gasteiger partial charge is 0.320 e. The molecule has 0 bridgehead atoms. The molecule has 1 unspecified atom stereocenters. The number of benzene rings is 2. The van der Waals surface area contributed by atoms with Crippen LogP contribution < -0.4 is 5.73 Å². The Morgan fingerprint density at radius 3 is 2.29 bits per heavy atom. The Morgan fingerprint density at radius 1 is 1.00 bits per heavy atom. The van der Waals surface area contributed by atoms with Gasteiger partial charge in [0, 0.05) is 5.56 Å². The lowest BCUT2D eigenvalue weighted by Crippen LogP contribution is -2.13. The molecule has 0 amide bonds. The van der Waals surface area contributed by atoms with Crippen LogP contribution in [-0.4, -0.2) is 0 Å². The van der Waals surface area contributed by atoms with Crippen LogP contribution in [0.25, 0.3) is 0 Å². The minimum absolute atomic E-state index is 0.328. The van der Waals surface area contributed by atoms with E-state index in [1.807, 2.05) is 6.92 Å². The number of hydrogen-bond acceptors (Lipinski definition) is 1. The van der Waals surface area contributed by atoms with E-state index in [-0.39, 0.29) is 11.6 Å². The van der Waals surface area contributed by atoms with E-state index in [4.69, 9.17) is 5.73 Å². The number of halogens is 2. The zero-order valence-corrected chi connectivity index (χ0v) is 9.45. The van der Waals surface area contributed by atoms with Crippen molar-refractivity contribution < 1.29 is 8.78 Å². The van der Waals surface area contributed by atoms with E-state index in [9.17, 15) is 8.78 Å². The normalized spacial score (nSPS) is 12.5. The molecule has 2 N–H and O–H groups in total. The molecule has 0 aliphatic heterocycles. The molecule has 2 rings (SSSR count). The van der Waals surface area contributed by atoms with E-state index >= 15 is 0 Å². The third-order valence-electron chi connectivity index (χ3n) is 2.72. The summed E-state index contributed by atoms with van der Waals surface area (Å²) in [6, 6.07) is 10.0. The van der Waals surface area contributed by atoms with E-state index in [1.165, 1.54) is 18.2 Å². The molecular formula is C14H13F2N. The highest BCUT2D eigenvalue weighted by molar-refractivity contribution is 5.34. The van der Waals surface area contributed by atoms with Gasteiger partial charge in [0.05, 0.1) is 6.04 Å². The van der Waals surface area contributed by atoms with Crippen LogP contribution in [0.1, 0.15) is 22.7 Å². The Morgan fingerprint density at radius 2 is 1.65 bits per heavy atom. The number of nitrogens with two attached hydrogens (primary N) is 1. The highest BCUT2D eigenvalue weighted by atomic mass is 19.1. The highest BCUT2D eigenvalue weighted by Crippen LogP contribution is 2.23. The first kappa shape index (κ1) is 11.7. The zero-order chi connectivity index (χ0) is 12.4. The lowest BCUT2D eigenvalue weighted by Gasteiger charge is -2.14. The smallest absolute Gasteiger partial charge is 0.128 e. The third-order valence-corrected chi connectivity index (χ3v) is 2.72. The van der Waals surface area contributed by atoms with Crippen LogP contribution >= 0.6 is 0 Å². The first-order valence-corrected chi connectivity index (χ1v) is 5.35. The zero-order valence-electron chi connectivity index (χ0n) is 9.45. The van der Waals surface area contributed by atoms with Crippen molar-refractivity contribution in [3.05, 3.63) is 70.8 Å². The van der Waals surface area contributed by atoms with Crippen molar-refractivity contribution in [2.75, 3.05) is 0 Å². The van der Waals surface area contributed by atoms with Crippen molar-refractivity contribution in [2.24, 2.45) is 5.73 Å². The fraction of sp³-hybridized carbons (Fsp3) is 0.143. The molecule has 1 atom stereocenters. The van der Waals surface area contributed by atoms with Gasteiger partial charge in [0.15, 0.2) is 0 Å². The second-order valence-corrected chi connectivity index (χ2v) is 4.05. The molecule has 0 saturated carbocycles. The molecule has 0 aliphatic carbocycles. The molecule has 1 nitrogen and oxygen atoms in total. The first-order valence-electron chi connectivity index (χ1n) is 5.35. The Labute approximate surface area is 98.9 Å². The monoisotopic (exact) mass is 233 g/mol. The van der Waals surface area contributed by atoms with Gasteiger partial charge in [-0.25, -0.2) is 8.78 Å². The lowest BCUT2D eigenvalue weighted by molar-refractivity contribution is 0.598. The van der Waals surface area contributed by atoms with Crippen LogP contribution in [0.4, 0.5) is 8.78 Å². The number of rotatable bonds is 2. The molecule has 88 valence electrons. The maximum absolute atomic E-state index is 13.6. The Hall–Kier alpha value is -1.74. The molecule has 3 heteroatoms. The second kappa shape index (κ2) is 4.63. The van der Waals surface area contributed by atoms with Crippen molar-refractivity contribution in [2.45, 2.75) is 13.0 Å². The fourth-order valence-electron chi connectivity index (χ4n) is 1.75. The minimum atomic E-state index is -0.574. The Balaban J connectivity index is 2.39. The molecule has 0 fully saturated rings. The molecule has 17 heavy (non-hydrogen) atoms. The van der Waals surface area contributed by atoms with E-state index in [0.29, 0.717) is 11.1 Å². The lowest BCUT2D eigenvalue weighted by atomic mass is 9.98. The van der Waals surface area contributed by atoms with Crippen LogP contribution in [0.2, 0.25) is 0 Å². The predicted octanol–water partition coefficient (Wildman–Crippen LogP) is 3.32. The molecule has 2 aromatic carbocycles. The van der Waals surface area contributed by atoms with Crippen molar-refractivity contribution in [3.8, 4) is 0 Å². The molecule has 2 aromatic rings. The summed E-state index contributed by atoms with van der Waals surface area (Å²) in [7, 11) is 0.